The van der Waals surface area contributed by atoms with Crippen molar-refractivity contribution in [3.8, 4) is 5.69 Å². The lowest BCUT2D eigenvalue weighted by Crippen LogP contribution is -2.29. The van der Waals surface area contributed by atoms with Crippen molar-refractivity contribution in [1.29, 1.82) is 0 Å². The number of benzene rings is 2. The van der Waals surface area contributed by atoms with Crippen molar-refractivity contribution < 1.29 is 9.18 Å². The maximum Gasteiger partial charge on any atom is 0.255 e. The maximum atomic E-state index is 13.3. The summed E-state index contributed by atoms with van der Waals surface area (Å²) in [6.07, 6.45) is 1.58. The minimum absolute atomic E-state index is 0.220. The highest BCUT2D eigenvalue weighted by atomic mass is 32.1. The molecule has 140 valence electrons. The molecule has 4 nitrogen and oxygen atoms in total. The van der Waals surface area contributed by atoms with E-state index in [-0.39, 0.29) is 17.8 Å². The number of aromatic nitrogens is 2. The lowest BCUT2D eigenvalue weighted by molar-refractivity contribution is 0.0943. The highest BCUT2D eigenvalue weighted by Gasteiger charge is 2.22. The second-order valence-electron chi connectivity index (χ2n) is 6.36. The second kappa shape index (κ2) is 7.78. The highest BCUT2D eigenvalue weighted by molar-refractivity contribution is 7.10. The Hall–Kier alpha value is -3.25. The van der Waals surface area contributed by atoms with E-state index in [1.807, 2.05) is 54.8 Å². The lowest BCUT2D eigenvalue weighted by Gasteiger charge is -2.18. The number of carbonyl (C=O) groups is 1. The average Bonchev–Trinajstić information content (AvgIpc) is 3.37. The van der Waals surface area contributed by atoms with Crippen molar-refractivity contribution in [2.45, 2.75) is 13.0 Å². The van der Waals surface area contributed by atoms with Crippen LogP contribution in [0.15, 0.2) is 78.3 Å². The summed E-state index contributed by atoms with van der Waals surface area (Å²) in [6, 6.07) is 19.4. The van der Waals surface area contributed by atoms with Gasteiger partial charge in [0.2, 0.25) is 0 Å². The molecule has 0 spiro atoms. The van der Waals surface area contributed by atoms with Crippen LogP contribution in [0.5, 0.6) is 0 Å². The molecule has 1 amide bonds. The molecule has 0 saturated heterocycles. The molecule has 0 radical (unpaired) electrons. The predicted octanol–water partition coefficient (Wildman–Crippen LogP) is 4.90. The molecule has 0 aliphatic heterocycles. The van der Waals surface area contributed by atoms with E-state index < -0.39 is 0 Å². The van der Waals surface area contributed by atoms with E-state index in [0.717, 1.165) is 21.8 Å². The molecule has 0 saturated carbocycles. The first-order valence-corrected chi connectivity index (χ1v) is 9.71. The number of carbonyl (C=O) groups excluding carboxylic acids is 1. The van der Waals surface area contributed by atoms with Gasteiger partial charge in [-0.15, -0.1) is 11.3 Å². The van der Waals surface area contributed by atoms with Crippen LogP contribution in [0.2, 0.25) is 0 Å². The summed E-state index contributed by atoms with van der Waals surface area (Å²) in [5.74, 6) is -0.526. The van der Waals surface area contributed by atoms with Crippen LogP contribution in [-0.4, -0.2) is 15.7 Å². The van der Waals surface area contributed by atoms with Gasteiger partial charge in [0.25, 0.3) is 5.91 Å². The molecule has 4 aromatic rings. The largest absolute Gasteiger partial charge is 0.340 e. The third-order valence-corrected chi connectivity index (χ3v) is 5.50. The first-order valence-electron chi connectivity index (χ1n) is 8.83. The number of para-hydroxylation sites is 1. The molecule has 0 aliphatic rings. The Morgan fingerprint density at radius 3 is 2.50 bits per heavy atom. The van der Waals surface area contributed by atoms with E-state index >= 15 is 0 Å². The van der Waals surface area contributed by atoms with E-state index in [2.05, 4.69) is 10.4 Å². The minimum atomic E-state index is -0.354. The van der Waals surface area contributed by atoms with E-state index in [0.29, 0.717) is 5.56 Å². The van der Waals surface area contributed by atoms with Gasteiger partial charge in [-0.05, 0) is 48.2 Å². The van der Waals surface area contributed by atoms with Crippen LogP contribution >= 0.6 is 11.3 Å². The highest BCUT2D eigenvalue weighted by Crippen LogP contribution is 2.27. The first kappa shape index (κ1) is 18.1. The number of amides is 1. The zero-order valence-corrected chi connectivity index (χ0v) is 16.0. The standard InChI is InChI=1S/C22H18FN3OS/c1-15-19(14-24-26(15)18-6-3-2-4-7-18)22(27)25-21(20-8-5-13-28-20)16-9-11-17(23)12-10-16/h2-14,21H,1H3,(H,25,27). The Morgan fingerprint density at radius 2 is 1.82 bits per heavy atom. The predicted molar refractivity (Wildman–Crippen MR) is 108 cm³/mol. The summed E-state index contributed by atoms with van der Waals surface area (Å²) in [5, 5.41) is 9.40. The molecule has 0 bridgehead atoms. The first-order chi connectivity index (χ1) is 13.6. The Kier molecular flexibility index (Phi) is 5.04. The van der Waals surface area contributed by atoms with Crippen LogP contribution in [0, 0.1) is 12.7 Å². The normalized spacial score (nSPS) is 11.9. The van der Waals surface area contributed by atoms with Gasteiger partial charge < -0.3 is 5.32 Å². The number of thiophene rings is 1. The monoisotopic (exact) mass is 391 g/mol. The van der Waals surface area contributed by atoms with Crippen molar-refractivity contribution in [1.82, 2.24) is 15.1 Å². The molecule has 0 fully saturated rings. The van der Waals surface area contributed by atoms with Crippen molar-refractivity contribution in [3.63, 3.8) is 0 Å². The molecular weight excluding hydrogens is 373 g/mol. The van der Waals surface area contributed by atoms with Gasteiger partial charge in [-0.3, -0.25) is 4.79 Å². The van der Waals surface area contributed by atoms with Gasteiger partial charge in [0.05, 0.1) is 29.2 Å². The molecule has 4 rings (SSSR count). The van der Waals surface area contributed by atoms with Gasteiger partial charge in [0.1, 0.15) is 5.82 Å². The van der Waals surface area contributed by atoms with Gasteiger partial charge in [-0.2, -0.15) is 5.10 Å². The Labute approximate surface area is 166 Å². The maximum absolute atomic E-state index is 13.3. The third-order valence-electron chi connectivity index (χ3n) is 4.56. The van der Waals surface area contributed by atoms with Crippen LogP contribution in [-0.2, 0) is 0 Å². The second-order valence-corrected chi connectivity index (χ2v) is 7.34. The number of nitrogens with zero attached hydrogens (tertiary/aromatic N) is 2. The van der Waals surface area contributed by atoms with Gasteiger partial charge >= 0.3 is 0 Å². The van der Waals surface area contributed by atoms with Gasteiger partial charge in [-0.25, -0.2) is 9.07 Å². The Morgan fingerprint density at radius 1 is 1.07 bits per heavy atom. The number of hydrogen-bond donors (Lipinski definition) is 1. The summed E-state index contributed by atoms with van der Waals surface area (Å²) >= 11 is 1.54. The average molecular weight is 391 g/mol. The van der Waals surface area contributed by atoms with Gasteiger partial charge in [0, 0.05) is 4.88 Å². The zero-order valence-electron chi connectivity index (χ0n) is 15.2. The van der Waals surface area contributed by atoms with Crippen molar-refractivity contribution in [2.24, 2.45) is 0 Å². The van der Waals surface area contributed by atoms with Gasteiger partial charge in [0.15, 0.2) is 0 Å². The quantitative estimate of drug-likeness (QED) is 0.526. The van der Waals surface area contributed by atoms with Crippen LogP contribution in [0.25, 0.3) is 5.69 Å². The van der Waals surface area contributed by atoms with Crippen LogP contribution in [0.3, 0.4) is 0 Å². The van der Waals surface area contributed by atoms with Crippen LogP contribution in [0.1, 0.15) is 32.5 Å². The van der Waals surface area contributed by atoms with Crippen LogP contribution in [0.4, 0.5) is 4.39 Å². The fourth-order valence-corrected chi connectivity index (χ4v) is 3.90. The SMILES string of the molecule is Cc1c(C(=O)NC(c2ccc(F)cc2)c2cccs2)cnn1-c1ccccc1. The van der Waals surface area contributed by atoms with E-state index in [1.54, 1.807) is 34.3 Å². The molecular formula is C22H18FN3OS. The molecule has 28 heavy (non-hydrogen) atoms. The topological polar surface area (TPSA) is 46.9 Å². The molecule has 0 aliphatic carbocycles. The molecule has 1 atom stereocenters. The number of halogens is 1. The summed E-state index contributed by atoms with van der Waals surface area (Å²) in [4.78, 5) is 14.0. The fourth-order valence-electron chi connectivity index (χ4n) is 3.10. The van der Waals surface area contributed by atoms with E-state index in [1.165, 1.54) is 12.1 Å². The van der Waals surface area contributed by atoms with Crippen molar-refractivity contribution >= 4 is 17.2 Å². The van der Waals surface area contributed by atoms with Crippen LogP contribution < -0.4 is 5.32 Å². The number of nitrogens with one attached hydrogen (secondary N) is 1. The van der Waals surface area contributed by atoms with Gasteiger partial charge in [-0.1, -0.05) is 36.4 Å². The minimum Gasteiger partial charge on any atom is -0.340 e. The molecule has 6 heteroatoms. The molecule has 2 heterocycles. The summed E-state index contributed by atoms with van der Waals surface area (Å²) in [5.41, 5.74) is 2.98. The number of rotatable bonds is 5. The van der Waals surface area contributed by atoms with E-state index in [4.69, 9.17) is 0 Å². The summed E-state index contributed by atoms with van der Waals surface area (Å²) in [7, 11) is 0. The third kappa shape index (κ3) is 3.59. The molecule has 1 unspecified atom stereocenters. The smallest absolute Gasteiger partial charge is 0.255 e. The zero-order chi connectivity index (χ0) is 19.5. The summed E-state index contributed by atoms with van der Waals surface area (Å²) < 4.78 is 15.1. The molecule has 1 N–H and O–H groups in total. The van der Waals surface area contributed by atoms with Crippen molar-refractivity contribution in [3.05, 3.63) is 106 Å². The Bertz CT molecular complexity index is 1070. The van der Waals surface area contributed by atoms with E-state index in [9.17, 15) is 9.18 Å². The summed E-state index contributed by atoms with van der Waals surface area (Å²) in [6.45, 7) is 1.87. The Balaban J connectivity index is 1.64. The fraction of sp³-hybridized carbons (Fsp3) is 0.0909. The van der Waals surface area contributed by atoms with Crippen molar-refractivity contribution in [2.75, 3.05) is 0 Å². The molecule has 2 aromatic carbocycles. The number of hydrogen-bond acceptors (Lipinski definition) is 3. The lowest BCUT2D eigenvalue weighted by atomic mass is 10.0. The molecule has 2 aromatic heterocycles.